The van der Waals surface area contributed by atoms with E-state index in [0.29, 0.717) is 17.4 Å². The first-order valence-corrected chi connectivity index (χ1v) is 7.14. The molecule has 2 aromatic heterocycles. The maximum Gasteiger partial charge on any atom is 0.416 e. The molecule has 0 unspecified atom stereocenters. The number of rotatable bonds is 3. The SMILES string of the molecule is Cc1nc(Nc2cn[nH]c2C)nnc1-c1ccc(C(F)(F)F)cc1O. The minimum Gasteiger partial charge on any atom is -0.507 e. The average Bonchev–Trinajstić information content (AvgIpc) is 2.92. The third-order valence-electron chi connectivity index (χ3n) is 3.52. The molecule has 0 radical (unpaired) electrons. The van der Waals surface area contributed by atoms with Crippen LogP contribution in [0.4, 0.5) is 24.8 Å². The number of nitrogens with zero attached hydrogens (tertiary/aromatic N) is 4. The Hall–Kier alpha value is -3.17. The standard InChI is InChI=1S/C15H13F3N6O/c1-7-11(6-19-22-7)21-14-20-8(2)13(23-24-14)10-4-3-9(5-12(10)25)15(16,17)18/h3-6,25H,1-2H3,(H,19,22)(H,20,21,24). The van der Waals surface area contributed by atoms with Gasteiger partial charge in [-0.15, -0.1) is 10.2 Å². The van der Waals surface area contributed by atoms with E-state index < -0.39 is 17.5 Å². The summed E-state index contributed by atoms with van der Waals surface area (Å²) in [7, 11) is 0. The Balaban J connectivity index is 1.92. The topological polar surface area (TPSA) is 99.6 Å². The van der Waals surface area contributed by atoms with Gasteiger partial charge in [-0.1, -0.05) is 0 Å². The van der Waals surface area contributed by atoms with Crippen LogP contribution >= 0.6 is 0 Å². The number of anilines is 2. The Labute approximate surface area is 140 Å². The molecule has 0 spiro atoms. The summed E-state index contributed by atoms with van der Waals surface area (Å²) < 4.78 is 38.0. The van der Waals surface area contributed by atoms with Gasteiger partial charge in [-0.25, -0.2) is 4.98 Å². The summed E-state index contributed by atoms with van der Waals surface area (Å²) >= 11 is 0. The van der Waals surface area contributed by atoms with E-state index in [0.717, 1.165) is 17.8 Å². The summed E-state index contributed by atoms with van der Waals surface area (Å²) in [6.07, 6.45) is -2.98. The van der Waals surface area contributed by atoms with Crippen LogP contribution < -0.4 is 5.32 Å². The molecule has 0 atom stereocenters. The molecule has 0 amide bonds. The van der Waals surface area contributed by atoms with E-state index in [4.69, 9.17) is 0 Å². The number of aromatic nitrogens is 5. The van der Waals surface area contributed by atoms with Crippen molar-refractivity contribution in [3.05, 3.63) is 41.3 Å². The monoisotopic (exact) mass is 350 g/mol. The first-order chi connectivity index (χ1) is 11.8. The van der Waals surface area contributed by atoms with Crippen molar-refractivity contribution in [2.24, 2.45) is 0 Å². The molecule has 1 aromatic carbocycles. The number of aryl methyl sites for hydroxylation is 2. The van der Waals surface area contributed by atoms with E-state index in [9.17, 15) is 18.3 Å². The number of halogens is 3. The van der Waals surface area contributed by atoms with E-state index in [1.54, 1.807) is 13.1 Å². The lowest BCUT2D eigenvalue weighted by atomic mass is 10.1. The summed E-state index contributed by atoms with van der Waals surface area (Å²) in [6, 6.07) is 2.67. The molecule has 2 heterocycles. The van der Waals surface area contributed by atoms with Crippen LogP contribution in [0.15, 0.2) is 24.4 Å². The lowest BCUT2D eigenvalue weighted by molar-refractivity contribution is -0.137. The molecule has 0 aliphatic rings. The van der Waals surface area contributed by atoms with Gasteiger partial charge in [-0.3, -0.25) is 5.10 Å². The third-order valence-corrected chi connectivity index (χ3v) is 3.52. The maximum absolute atomic E-state index is 12.7. The van der Waals surface area contributed by atoms with Crippen LogP contribution in [0.2, 0.25) is 0 Å². The first kappa shape index (κ1) is 16.7. The molecular weight excluding hydrogens is 337 g/mol. The molecule has 10 heteroatoms. The van der Waals surface area contributed by atoms with Crippen LogP contribution in [0.5, 0.6) is 5.75 Å². The number of hydrogen-bond acceptors (Lipinski definition) is 6. The average molecular weight is 350 g/mol. The van der Waals surface area contributed by atoms with Gasteiger partial charge in [-0.2, -0.15) is 18.3 Å². The highest BCUT2D eigenvalue weighted by Gasteiger charge is 2.31. The van der Waals surface area contributed by atoms with Crippen molar-refractivity contribution in [3.63, 3.8) is 0 Å². The summed E-state index contributed by atoms with van der Waals surface area (Å²) in [5.74, 6) is -0.336. The van der Waals surface area contributed by atoms with Gasteiger partial charge in [0.05, 0.1) is 28.8 Å². The molecule has 0 fully saturated rings. The highest BCUT2D eigenvalue weighted by Crippen LogP contribution is 2.36. The van der Waals surface area contributed by atoms with Gasteiger partial charge in [0.2, 0.25) is 5.95 Å². The number of aromatic hydroxyl groups is 1. The normalized spacial score (nSPS) is 11.6. The van der Waals surface area contributed by atoms with E-state index in [1.807, 2.05) is 6.92 Å². The predicted octanol–water partition coefficient (Wildman–Crippen LogP) is 3.35. The minimum absolute atomic E-state index is 0.122. The third kappa shape index (κ3) is 3.37. The van der Waals surface area contributed by atoms with E-state index in [2.05, 4.69) is 30.7 Å². The number of H-pyrrole nitrogens is 1. The smallest absolute Gasteiger partial charge is 0.416 e. The van der Waals surface area contributed by atoms with Gasteiger partial charge in [-0.05, 0) is 32.0 Å². The molecule has 7 nitrogen and oxygen atoms in total. The van der Waals surface area contributed by atoms with Crippen LogP contribution in [-0.4, -0.2) is 30.5 Å². The summed E-state index contributed by atoms with van der Waals surface area (Å²) in [5.41, 5.74) is 1.23. The van der Waals surface area contributed by atoms with Crippen molar-refractivity contribution in [1.29, 1.82) is 0 Å². The zero-order valence-electron chi connectivity index (χ0n) is 13.2. The second-order valence-corrected chi connectivity index (χ2v) is 5.33. The Morgan fingerprint density at radius 3 is 2.48 bits per heavy atom. The number of benzene rings is 1. The summed E-state index contributed by atoms with van der Waals surface area (Å²) in [4.78, 5) is 4.22. The highest BCUT2D eigenvalue weighted by atomic mass is 19.4. The molecule has 0 aliphatic heterocycles. The van der Waals surface area contributed by atoms with Gasteiger partial charge in [0, 0.05) is 5.56 Å². The van der Waals surface area contributed by atoms with Crippen molar-refractivity contribution in [2.75, 3.05) is 5.32 Å². The van der Waals surface area contributed by atoms with Crippen LogP contribution in [0.25, 0.3) is 11.3 Å². The van der Waals surface area contributed by atoms with Crippen LogP contribution in [0.1, 0.15) is 17.0 Å². The fourth-order valence-corrected chi connectivity index (χ4v) is 2.21. The van der Waals surface area contributed by atoms with Gasteiger partial charge in [0.25, 0.3) is 0 Å². The number of hydrogen-bond donors (Lipinski definition) is 3. The van der Waals surface area contributed by atoms with Crippen LogP contribution in [0, 0.1) is 13.8 Å². The Morgan fingerprint density at radius 1 is 1.16 bits per heavy atom. The predicted molar refractivity (Wildman–Crippen MR) is 83.3 cm³/mol. The van der Waals surface area contributed by atoms with Gasteiger partial charge in [0.1, 0.15) is 11.4 Å². The van der Waals surface area contributed by atoms with Crippen molar-refractivity contribution < 1.29 is 18.3 Å². The molecule has 0 aliphatic carbocycles. The first-order valence-electron chi connectivity index (χ1n) is 7.14. The largest absolute Gasteiger partial charge is 0.507 e. The molecule has 3 N–H and O–H groups in total. The molecule has 0 saturated heterocycles. The number of alkyl halides is 3. The fraction of sp³-hybridized carbons (Fsp3) is 0.200. The Morgan fingerprint density at radius 2 is 1.92 bits per heavy atom. The fourth-order valence-electron chi connectivity index (χ4n) is 2.21. The van der Waals surface area contributed by atoms with Crippen LogP contribution in [0.3, 0.4) is 0 Å². The zero-order valence-corrected chi connectivity index (χ0v) is 13.2. The lowest BCUT2D eigenvalue weighted by Gasteiger charge is -2.11. The van der Waals surface area contributed by atoms with Crippen molar-refractivity contribution >= 4 is 11.6 Å². The number of phenolic OH excluding ortho intramolecular Hbond substituents is 1. The quantitative estimate of drug-likeness (QED) is 0.670. The van der Waals surface area contributed by atoms with Crippen molar-refractivity contribution in [1.82, 2.24) is 25.4 Å². The molecule has 3 aromatic rings. The lowest BCUT2D eigenvalue weighted by Crippen LogP contribution is -2.06. The Bertz CT molecular complexity index is 922. The molecular formula is C15H13F3N6O. The summed E-state index contributed by atoms with van der Waals surface area (Å²) in [6.45, 7) is 3.43. The van der Waals surface area contributed by atoms with Crippen molar-refractivity contribution in [3.8, 4) is 17.0 Å². The van der Waals surface area contributed by atoms with E-state index in [-0.39, 0.29) is 17.2 Å². The molecule has 0 saturated carbocycles. The minimum atomic E-state index is -4.54. The van der Waals surface area contributed by atoms with E-state index in [1.165, 1.54) is 0 Å². The van der Waals surface area contributed by atoms with Gasteiger partial charge >= 0.3 is 6.18 Å². The molecule has 25 heavy (non-hydrogen) atoms. The molecule has 0 bridgehead atoms. The van der Waals surface area contributed by atoms with Gasteiger partial charge in [0.15, 0.2) is 0 Å². The molecule has 3 rings (SSSR count). The number of phenols is 1. The van der Waals surface area contributed by atoms with Gasteiger partial charge < -0.3 is 10.4 Å². The maximum atomic E-state index is 12.7. The number of nitrogens with one attached hydrogen (secondary N) is 2. The van der Waals surface area contributed by atoms with Crippen molar-refractivity contribution in [2.45, 2.75) is 20.0 Å². The zero-order chi connectivity index (χ0) is 18.2. The van der Waals surface area contributed by atoms with Crippen LogP contribution in [-0.2, 0) is 6.18 Å². The Kier molecular flexibility index (Phi) is 4.03. The summed E-state index contributed by atoms with van der Waals surface area (Å²) in [5, 5.41) is 27.3. The highest BCUT2D eigenvalue weighted by molar-refractivity contribution is 5.69. The number of aromatic amines is 1. The van der Waals surface area contributed by atoms with E-state index >= 15 is 0 Å². The molecule has 130 valence electrons. The second-order valence-electron chi connectivity index (χ2n) is 5.33. The second kappa shape index (κ2) is 6.04.